The maximum Gasteiger partial charge on any atom is 0.0716 e. The highest BCUT2D eigenvalue weighted by Crippen LogP contribution is 2.18. The molecule has 0 atom stereocenters. The Morgan fingerprint density at radius 1 is 1.23 bits per heavy atom. The van der Waals surface area contributed by atoms with Gasteiger partial charge in [-0.15, -0.1) is 0 Å². The zero-order valence-corrected chi connectivity index (χ0v) is 8.55. The highest BCUT2D eigenvalue weighted by atomic mass is 16.5. The fraction of sp³-hybridized carbons (Fsp3) is 0.455. The van der Waals surface area contributed by atoms with Gasteiger partial charge in [-0.05, 0) is 37.5 Å². The summed E-state index contributed by atoms with van der Waals surface area (Å²) in [5.74, 6) is 0. The van der Waals surface area contributed by atoms with E-state index in [2.05, 4.69) is 12.1 Å². The van der Waals surface area contributed by atoms with Gasteiger partial charge in [0, 0.05) is 12.3 Å². The Morgan fingerprint density at radius 2 is 1.77 bits per heavy atom. The van der Waals surface area contributed by atoms with E-state index in [-0.39, 0.29) is 0 Å². The SMILES string of the molecule is CCOCc1cc(C)c(N)c(C)c1. The zero-order valence-electron chi connectivity index (χ0n) is 8.55. The normalized spacial score (nSPS) is 10.4. The minimum absolute atomic E-state index is 0.679. The highest BCUT2D eigenvalue weighted by Gasteiger charge is 2.00. The van der Waals surface area contributed by atoms with Crippen molar-refractivity contribution in [3.05, 3.63) is 28.8 Å². The van der Waals surface area contributed by atoms with Crippen molar-refractivity contribution in [2.45, 2.75) is 27.4 Å². The summed E-state index contributed by atoms with van der Waals surface area (Å²) in [6.07, 6.45) is 0. The molecule has 1 rings (SSSR count). The molecule has 0 saturated heterocycles. The summed E-state index contributed by atoms with van der Waals surface area (Å²) in [6, 6.07) is 4.16. The summed E-state index contributed by atoms with van der Waals surface area (Å²) in [7, 11) is 0. The standard InChI is InChI=1S/C11H17NO/c1-4-13-7-10-5-8(2)11(12)9(3)6-10/h5-6H,4,7,12H2,1-3H3. The van der Waals surface area contributed by atoms with Crippen molar-refractivity contribution in [2.24, 2.45) is 0 Å². The quantitative estimate of drug-likeness (QED) is 0.723. The molecule has 0 aliphatic carbocycles. The molecule has 2 heteroatoms. The van der Waals surface area contributed by atoms with Crippen LogP contribution in [0.2, 0.25) is 0 Å². The molecular formula is C11H17NO. The van der Waals surface area contributed by atoms with Gasteiger partial charge in [-0.3, -0.25) is 0 Å². The van der Waals surface area contributed by atoms with Crippen LogP contribution in [0.1, 0.15) is 23.6 Å². The first-order chi connectivity index (χ1) is 6.15. The van der Waals surface area contributed by atoms with E-state index < -0.39 is 0 Å². The Labute approximate surface area is 79.7 Å². The molecule has 0 saturated carbocycles. The fourth-order valence-corrected chi connectivity index (χ4v) is 1.37. The van der Waals surface area contributed by atoms with Crippen molar-refractivity contribution in [2.75, 3.05) is 12.3 Å². The summed E-state index contributed by atoms with van der Waals surface area (Å²) >= 11 is 0. The van der Waals surface area contributed by atoms with Gasteiger partial charge in [0.15, 0.2) is 0 Å². The zero-order chi connectivity index (χ0) is 9.84. The van der Waals surface area contributed by atoms with Crippen LogP contribution in [0.4, 0.5) is 5.69 Å². The van der Waals surface area contributed by atoms with Crippen LogP contribution in [0.3, 0.4) is 0 Å². The number of ether oxygens (including phenoxy) is 1. The number of aryl methyl sites for hydroxylation is 2. The predicted octanol–water partition coefficient (Wildman–Crippen LogP) is 2.42. The second kappa shape index (κ2) is 4.28. The maximum absolute atomic E-state index is 5.84. The molecule has 0 amide bonds. The third kappa shape index (κ3) is 2.46. The molecule has 0 bridgehead atoms. The van der Waals surface area contributed by atoms with E-state index in [1.807, 2.05) is 20.8 Å². The lowest BCUT2D eigenvalue weighted by molar-refractivity contribution is 0.134. The third-order valence-corrected chi connectivity index (χ3v) is 2.13. The summed E-state index contributed by atoms with van der Waals surface area (Å²) in [6.45, 7) is 7.48. The molecule has 72 valence electrons. The van der Waals surface area contributed by atoms with Crippen LogP contribution in [-0.2, 0) is 11.3 Å². The van der Waals surface area contributed by atoms with Crippen molar-refractivity contribution in [3.8, 4) is 0 Å². The molecule has 0 aromatic heterocycles. The van der Waals surface area contributed by atoms with E-state index in [9.17, 15) is 0 Å². The van der Waals surface area contributed by atoms with E-state index in [0.717, 1.165) is 23.4 Å². The van der Waals surface area contributed by atoms with Gasteiger partial charge in [0.1, 0.15) is 0 Å². The molecular weight excluding hydrogens is 162 g/mol. The topological polar surface area (TPSA) is 35.2 Å². The number of nitrogen functional groups attached to an aromatic ring is 1. The summed E-state index contributed by atoms with van der Waals surface area (Å²) < 4.78 is 5.33. The Hall–Kier alpha value is -1.02. The molecule has 0 aliphatic heterocycles. The average Bonchev–Trinajstić information content (AvgIpc) is 2.10. The second-order valence-electron chi connectivity index (χ2n) is 3.28. The molecule has 2 nitrogen and oxygen atoms in total. The van der Waals surface area contributed by atoms with Crippen molar-refractivity contribution >= 4 is 5.69 Å². The third-order valence-electron chi connectivity index (χ3n) is 2.13. The number of anilines is 1. The molecule has 0 aliphatic rings. The van der Waals surface area contributed by atoms with E-state index in [0.29, 0.717) is 6.61 Å². The minimum Gasteiger partial charge on any atom is -0.398 e. The molecule has 0 spiro atoms. The van der Waals surface area contributed by atoms with Gasteiger partial charge in [0.2, 0.25) is 0 Å². The molecule has 0 fully saturated rings. The molecule has 13 heavy (non-hydrogen) atoms. The molecule has 2 N–H and O–H groups in total. The average molecular weight is 179 g/mol. The van der Waals surface area contributed by atoms with Gasteiger partial charge in [0.25, 0.3) is 0 Å². The van der Waals surface area contributed by atoms with Crippen LogP contribution < -0.4 is 5.73 Å². The Balaban J connectivity index is 2.86. The monoisotopic (exact) mass is 179 g/mol. The van der Waals surface area contributed by atoms with Crippen molar-refractivity contribution in [1.29, 1.82) is 0 Å². The van der Waals surface area contributed by atoms with Gasteiger partial charge in [-0.2, -0.15) is 0 Å². The molecule has 0 heterocycles. The fourth-order valence-electron chi connectivity index (χ4n) is 1.37. The first kappa shape index (κ1) is 10.1. The largest absolute Gasteiger partial charge is 0.398 e. The summed E-state index contributed by atoms with van der Waals surface area (Å²) in [4.78, 5) is 0. The van der Waals surface area contributed by atoms with Crippen LogP contribution in [0.5, 0.6) is 0 Å². The summed E-state index contributed by atoms with van der Waals surface area (Å²) in [5.41, 5.74) is 10.2. The van der Waals surface area contributed by atoms with E-state index >= 15 is 0 Å². The lowest BCUT2D eigenvalue weighted by Crippen LogP contribution is -1.98. The van der Waals surface area contributed by atoms with Crippen LogP contribution in [-0.4, -0.2) is 6.61 Å². The maximum atomic E-state index is 5.84. The highest BCUT2D eigenvalue weighted by molar-refractivity contribution is 5.54. The lowest BCUT2D eigenvalue weighted by Gasteiger charge is -2.08. The number of hydrogen-bond donors (Lipinski definition) is 1. The number of rotatable bonds is 3. The van der Waals surface area contributed by atoms with E-state index in [1.54, 1.807) is 0 Å². The summed E-state index contributed by atoms with van der Waals surface area (Å²) in [5, 5.41) is 0. The van der Waals surface area contributed by atoms with Crippen molar-refractivity contribution in [1.82, 2.24) is 0 Å². The molecule has 0 radical (unpaired) electrons. The molecule has 1 aromatic carbocycles. The molecule has 0 unspecified atom stereocenters. The first-order valence-electron chi connectivity index (χ1n) is 4.58. The van der Waals surface area contributed by atoms with Gasteiger partial charge in [-0.25, -0.2) is 0 Å². The smallest absolute Gasteiger partial charge is 0.0716 e. The number of hydrogen-bond acceptors (Lipinski definition) is 2. The van der Waals surface area contributed by atoms with Gasteiger partial charge >= 0.3 is 0 Å². The van der Waals surface area contributed by atoms with Crippen LogP contribution in [0, 0.1) is 13.8 Å². The van der Waals surface area contributed by atoms with Crippen LogP contribution in [0.25, 0.3) is 0 Å². The van der Waals surface area contributed by atoms with E-state index in [1.165, 1.54) is 5.56 Å². The number of nitrogens with two attached hydrogens (primary N) is 1. The van der Waals surface area contributed by atoms with E-state index in [4.69, 9.17) is 10.5 Å². The van der Waals surface area contributed by atoms with Crippen molar-refractivity contribution < 1.29 is 4.74 Å². The van der Waals surface area contributed by atoms with Crippen LogP contribution in [0.15, 0.2) is 12.1 Å². The Kier molecular flexibility index (Phi) is 3.32. The van der Waals surface area contributed by atoms with Crippen LogP contribution >= 0.6 is 0 Å². The van der Waals surface area contributed by atoms with Gasteiger partial charge < -0.3 is 10.5 Å². The lowest BCUT2D eigenvalue weighted by atomic mass is 10.1. The van der Waals surface area contributed by atoms with Crippen molar-refractivity contribution in [3.63, 3.8) is 0 Å². The Morgan fingerprint density at radius 3 is 2.23 bits per heavy atom. The van der Waals surface area contributed by atoms with Gasteiger partial charge in [0.05, 0.1) is 6.61 Å². The number of benzene rings is 1. The minimum atomic E-state index is 0.679. The van der Waals surface area contributed by atoms with Gasteiger partial charge in [-0.1, -0.05) is 12.1 Å². The first-order valence-corrected chi connectivity index (χ1v) is 4.58. The Bertz CT molecular complexity index is 271. The molecule has 1 aromatic rings. The second-order valence-corrected chi connectivity index (χ2v) is 3.28. The predicted molar refractivity (Wildman–Crippen MR) is 55.7 cm³/mol.